The zero-order chi connectivity index (χ0) is 17.4. The molecule has 2 aromatic rings. The number of fused-ring (bicyclic) bond motifs is 1. The fraction of sp³-hybridized carbons (Fsp3) is 0.526. The van der Waals surface area contributed by atoms with Crippen LogP contribution >= 0.6 is 0 Å². The molecule has 0 radical (unpaired) electrons. The number of carbonyl (C=O) groups excluding carboxylic acids is 2. The van der Waals surface area contributed by atoms with Gasteiger partial charge in [-0.05, 0) is 44.7 Å². The van der Waals surface area contributed by atoms with Crippen LogP contribution in [0, 0.1) is 5.41 Å². The normalized spacial score (nSPS) is 26.8. The first-order chi connectivity index (χ1) is 12.1. The van der Waals surface area contributed by atoms with Crippen molar-refractivity contribution >= 4 is 22.8 Å². The van der Waals surface area contributed by atoms with Crippen molar-refractivity contribution in [1.29, 1.82) is 0 Å². The fourth-order valence-electron chi connectivity index (χ4n) is 4.45. The third-order valence-corrected chi connectivity index (χ3v) is 5.92. The van der Waals surface area contributed by atoms with Crippen molar-refractivity contribution in [3.8, 4) is 0 Å². The standard InChI is InChI=1S/C19H23N3O3/c1-13-19(8-4-10-20-18(19)24)9-5-11-22(13)17(23)12-15-14-6-2-3-7-16(14)25-21-15/h2-3,6-7,13H,4-5,8-12H2,1H3,(H,20,24)/t13-,19+/m1/s1. The van der Waals surface area contributed by atoms with Gasteiger partial charge < -0.3 is 14.7 Å². The zero-order valence-corrected chi connectivity index (χ0v) is 14.5. The van der Waals surface area contributed by atoms with Crippen LogP contribution in [0.2, 0.25) is 0 Å². The first-order valence-corrected chi connectivity index (χ1v) is 9.03. The van der Waals surface area contributed by atoms with Gasteiger partial charge in [0.15, 0.2) is 5.58 Å². The smallest absolute Gasteiger partial charge is 0.229 e. The molecule has 2 saturated heterocycles. The quantitative estimate of drug-likeness (QED) is 0.909. The Kier molecular flexibility index (Phi) is 3.98. The molecule has 2 aliphatic heterocycles. The number of aromatic nitrogens is 1. The van der Waals surface area contributed by atoms with Crippen LogP contribution < -0.4 is 5.32 Å². The maximum absolute atomic E-state index is 13.0. The predicted octanol–water partition coefficient (Wildman–Crippen LogP) is 2.28. The van der Waals surface area contributed by atoms with Crippen molar-refractivity contribution < 1.29 is 14.1 Å². The molecular weight excluding hydrogens is 318 g/mol. The summed E-state index contributed by atoms with van der Waals surface area (Å²) in [5, 5.41) is 7.95. The van der Waals surface area contributed by atoms with E-state index in [0.717, 1.165) is 37.6 Å². The van der Waals surface area contributed by atoms with Gasteiger partial charge in [0, 0.05) is 24.5 Å². The van der Waals surface area contributed by atoms with Gasteiger partial charge in [-0.25, -0.2) is 0 Å². The summed E-state index contributed by atoms with van der Waals surface area (Å²) in [5.74, 6) is 0.125. The first-order valence-electron chi connectivity index (χ1n) is 9.03. The topological polar surface area (TPSA) is 75.4 Å². The average molecular weight is 341 g/mol. The van der Waals surface area contributed by atoms with E-state index in [4.69, 9.17) is 4.52 Å². The van der Waals surface area contributed by atoms with Crippen LogP contribution in [0.15, 0.2) is 28.8 Å². The van der Waals surface area contributed by atoms with Crippen LogP contribution in [0.1, 0.15) is 38.3 Å². The molecule has 3 heterocycles. The Balaban J connectivity index is 1.56. The number of hydrogen-bond donors (Lipinski definition) is 1. The summed E-state index contributed by atoms with van der Waals surface area (Å²) in [6.07, 6.45) is 3.77. The Morgan fingerprint density at radius 1 is 1.36 bits per heavy atom. The number of amides is 2. The van der Waals surface area contributed by atoms with Gasteiger partial charge in [0.05, 0.1) is 11.8 Å². The minimum absolute atomic E-state index is 0.0176. The second kappa shape index (κ2) is 6.17. The SMILES string of the molecule is C[C@H]1N(C(=O)Cc2noc3ccccc23)CCC[C@@]12CCCNC2=O. The minimum atomic E-state index is -0.432. The summed E-state index contributed by atoms with van der Waals surface area (Å²) in [6.45, 7) is 3.46. The van der Waals surface area contributed by atoms with Crippen molar-refractivity contribution in [3.05, 3.63) is 30.0 Å². The Hall–Kier alpha value is -2.37. The zero-order valence-electron chi connectivity index (χ0n) is 14.5. The fourth-order valence-corrected chi connectivity index (χ4v) is 4.45. The molecule has 2 aliphatic rings. The summed E-state index contributed by atoms with van der Waals surface area (Å²) in [7, 11) is 0. The molecule has 1 spiro atoms. The molecule has 0 unspecified atom stereocenters. The molecule has 132 valence electrons. The maximum atomic E-state index is 13.0. The molecule has 25 heavy (non-hydrogen) atoms. The Bertz CT molecular complexity index is 811. The molecule has 4 rings (SSSR count). The third kappa shape index (κ3) is 2.60. The molecule has 2 atom stereocenters. The number of nitrogens with one attached hydrogen (secondary N) is 1. The average Bonchev–Trinajstić information content (AvgIpc) is 3.03. The van der Waals surface area contributed by atoms with E-state index >= 15 is 0 Å². The molecule has 2 fully saturated rings. The van der Waals surface area contributed by atoms with Crippen LogP contribution in [-0.2, 0) is 16.0 Å². The van der Waals surface area contributed by atoms with Crippen molar-refractivity contribution in [2.45, 2.75) is 45.1 Å². The molecule has 1 N–H and O–H groups in total. The van der Waals surface area contributed by atoms with Crippen LogP contribution in [-0.4, -0.2) is 41.0 Å². The summed E-state index contributed by atoms with van der Waals surface area (Å²) in [6, 6.07) is 7.48. The minimum Gasteiger partial charge on any atom is -0.356 e. The second-order valence-corrected chi connectivity index (χ2v) is 7.18. The monoisotopic (exact) mass is 341 g/mol. The number of carbonyl (C=O) groups is 2. The highest BCUT2D eigenvalue weighted by atomic mass is 16.5. The Morgan fingerprint density at radius 3 is 3.00 bits per heavy atom. The lowest BCUT2D eigenvalue weighted by Gasteiger charge is -2.49. The van der Waals surface area contributed by atoms with E-state index in [2.05, 4.69) is 10.5 Å². The highest BCUT2D eigenvalue weighted by Gasteiger charge is 2.49. The van der Waals surface area contributed by atoms with E-state index < -0.39 is 5.41 Å². The van der Waals surface area contributed by atoms with Crippen LogP contribution in [0.4, 0.5) is 0 Å². The molecular formula is C19H23N3O3. The number of likely N-dealkylation sites (tertiary alicyclic amines) is 1. The highest BCUT2D eigenvalue weighted by molar-refractivity contribution is 5.88. The van der Waals surface area contributed by atoms with Crippen molar-refractivity contribution in [2.75, 3.05) is 13.1 Å². The van der Waals surface area contributed by atoms with E-state index in [1.165, 1.54) is 0 Å². The number of para-hydroxylation sites is 1. The van der Waals surface area contributed by atoms with Gasteiger partial charge in [0.25, 0.3) is 0 Å². The number of piperidine rings is 2. The maximum Gasteiger partial charge on any atom is 0.229 e. The lowest BCUT2D eigenvalue weighted by Crippen LogP contribution is -2.61. The number of nitrogens with zero attached hydrogens (tertiary/aromatic N) is 2. The lowest BCUT2D eigenvalue weighted by molar-refractivity contribution is -0.149. The summed E-state index contributed by atoms with van der Waals surface area (Å²) < 4.78 is 5.31. The van der Waals surface area contributed by atoms with Gasteiger partial charge in [-0.2, -0.15) is 0 Å². The highest BCUT2D eigenvalue weighted by Crippen LogP contribution is 2.42. The lowest BCUT2D eigenvalue weighted by atomic mass is 9.68. The van der Waals surface area contributed by atoms with E-state index in [9.17, 15) is 9.59 Å². The van der Waals surface area contributed by atoms with Crippen molar-refractivity contribution in [2.24, 2.45) is 5.41 Å². The summed E-state index contributed by atoms with van der Waals surface area (Å²) >= 11 is 0. The van der Waals surface area contributed by atoms with Crippen LogP contribution in [0.5, 0.6) is 0 Å². The number of rotatable bonds is 2. The Labute approximate surface area is 146 Å². The molecule has 6 heteroatoms. The van der Waals surface area contributed by atoms with Gasteiger partial charge in [-0.1, -0.05) is 17.3 Å². The van der Waals surface area contributed by atoms with Crippen molar-refractivity contribution in [3.63, 3.8) is 0 Å². The Morgan fingerprint density at radius 2 is 2.16 bits per heavy atom. The molecule has 0 aliphatic carbocycles. The largest absolute Gasteiger partial charge is 0.356 e. The second-order valence-electron chi connectivity index (χ2n) is 7.18. The van der Waals surface area contributed by atoms with Crippen LogP contribution in [0.25, 0.3) is 11.0 Å². The van der Waals surface area contributed by atoms with E-state index in [0.29, 0.717) is 17.8 Å². The van der Waals surface area contributed by atoms with Gasteiger partial charge in [-0.15, -0.1) is 0 Å². The van der Waals surface area contributed by atoms with E-state index in [-0.39, 0.29) is 24.3 Å². The third-order valence-electron chi connectivity index (χ3n) is 5.92. The number of benzene rings is 1. The van der Waals surface area contributed by atoms with Gasteiger partial charge in [-0.3, -0.25) is 9.59 Å². The molecule has 1 aromatic heterocycles. The van der Waals surface area contributed by atoms with E-state index in [1.54, 1.807) is 0 Å². The summed E-state index contributed by atoms with van der Waals surface area (Å²) in [5.41, 5.74) is 0.929. The van der Waals surface area contributed by atoms with Gasteiger partial charge >= 0.3 is 0 Å². The molecule has 1 aromatic carbocycles. The van der Waals surface area contributed by atoms with E-state index in [1.807, 2.05) is 36.1 Å². The molecule has 6 nitrogen and oxygen atoms in total. The molecule has 2 amide bonds. The van der Waals surface area contributed by atoms with Crippen LogP contribution in [0.3, 0.4) is 0 Å². The van der Waals surface area contributed by atoms with Gasteiger partial charge in [0.2, 0.25) is 11.8 Å². The molecule has 0 saturated carbocycles. The predicted molar refractivity (Wildman–Crippen MR) is 92.8 cm³/mol. The first kappa shape index (κ1) is 16.1. The van der Waals surface area contributed by atoms with Gasteiger partial charge in [0.1, 0.15) is 5.69 Å². The number of hydrogen-bond acceptors (Lipinski definition) is 4. The van der Waals surface area contributed by atoms with Crippen molar-refractivity contribution in [1.82, 2.24) is 15.4 Å². The molecule has 0 bridgehead atoms. The summed E-state index contributed by atoms with van der Waals surface area (Å²) in [4.78, 5) is 27.4.